The third-order valence-corrected chi connectivity index (χ3v) is 14.4. The van der Waals surface area contributed by atoms with Crippen LogP contribution in [0.1, 0.15) is 0 Å². The van der Waals surface area contributed by atoms with Crippen LogP contribution in [0.4, 0.5) is 51.2 Å². The maximum atomic E-state index is 2.43. The van der Waals surface area contributed by atoms with Crippen LogP contribution < -0.4 is 14.7 Å². The second kappa shape index (κ2) is 16.6. The van der Waals surface area contributed by atoms with Gasteiger partial charge in [-0.15, -0.1) is 22.7 Å². The summed E-state index contributed by atoms with van der Waals surface area (Å²) in [4.78, 5) is 7.09. The molecule has 2 heterocycles. The van der Waals surface area contributed by atoms with E-state index in [0.29, 0.717) is 0 Å². The second-order valence-corrected chi connectivity index (χ2v) is 18.3. The number of anilines is 9. The topological polar surface area (TPSA) is 9.72 Å². The van der Waals surface area contributed by atoms with Crippen molar-refractivity contribution in [2.75, 3.05) is 14.7 Å². The third-order valence-electron chi connectivity index (χ3n) is 12.2. The quantitative estimate of drug-likeness (QED) is 0.136. The van der Waals surface area contributed by atoms with E-state index in [0.717, 1.165) is 51.2 Å². The van der Waals surface area contributed by atoms with E-state index in [-0.39, 0.29) is 0 Å². The average molecular weight is 868 g/mol. The third kappa shape index (κ3) is 7.17. The highest BCUT2D eigenvalue weighted by Gasteiger charge is 2.21. The minimum absolute atomic E-state index is 1.11. The highest BCUT2D eigenvalue weighted by Crippen LogP contribution is 2.48. The molecule has 308 valence electrons. The minimum Gasteiger partial charge on any atom is -0.311 e. The van der Waals surface area contributed by atoms with Crippen molar-refractivity contribution in [1.82, 2.24) is 0 Å². The van der Waals surface area contributed by atoms with E-state index in [2.05, 4.69) is 263 Å². The Morgan fingerprint density at radius 1 is 0.231 bits per heavy atom. The lowest BCUT2D eigenvalue weighted by molar-refractivity contribution is 1.28. The fraction of sp³-hybridized carbons (Fsp3) is 0. The van der Waals surface area contributed by atoms with E-state index in [9.17, 15) is 0 Å². The standard InChI is InChI=1S/C60H41N3S2/c1-6-18-43(19-7-1)61(44-20-8-2-9-21-44)48-32-30-42(31-33-48)54-39-51(41-59-60(54)53-28-16-17-29-56(53)65-59)63(47-26-14-5-15-27-47)49-35-37-57-55(38-49)52-36-34-50(40-58(52)64-57)62(45-22-10-3-11-23-45)46-24-12-4-13-25-46/h1-41H. The SMILES string of the molecule is c1ccc(N(c2ccccc2)c2ccc(-c3cc(N(c4ccccc4)c4ccc5sc6cc(N(c7ccccc7)c7ccccc7)ccc6c5c4)cc4sc5ccccc5c34)cc2)cc1. The summed E-state index contributed by atoms with van der Waals surface area (Å²) in [5.41, 5.74) is 12.5. The molecule has 0 aliphatic carbocycles. The lowest BCUT2D eigenvalue weighted by atomic mass is 9.97. The summed E-state index contributed by atoms with van der Waals surface area (Å²) in [6, 6.07) is 89.9. The first-order valence-corrected chi connectivity index (χ1v) is 23.5. The highest BCUT2D eigenvalue weighted by molar-refractivity contribution is 7.26. The molecule has 0 bridgehead atoms. The number of rotatable bonds is 10. The molecule has 5 heteroatoms. The molecule has 0 saturated heterocycles. The molecule has 0 atom stereocenters. The van der Waals surface area contributed by atoms with Gasteiger partial charge in [0, 0.05) is 91.5 Å². The Bertz CT molecular complexity index is 3510. The van der Waals surface area contributed by atoms with E-state index in [4.69, 9.17) is 0 Å². The molecule has 0 aliphatic rings. The predicted octanol–water partition coefficient (Wildman–Crippen LogP) is 18.5. The van der Waals surface area contributed by atoms with Gasteiger partial charge in [-0.3, -0.25) is 0 Å². The molecule has 2 aromatic heterocycles. The molecule has 65 heavy (non-hydrogen) atoms. The van der Waals surface area contributed by atoms with Gasteiger partial charge in [0.1, 0.15) is 0 Å². The zero-order valence-corrected chi connectivity index (χ0v) is 37.0. The van der Waals surface area contributed by atoms with Crippen LogP contribution in [0.25, 0.3) is 51.5 Å². The molecule has 12 aromatic rings. The normalized spacial score (nSPS) is 11.4. The summed E-state index contributed by atoms with van der Waals surface area (Å²) in [5.74, 6) is 0. The monoisotopic (exact) mass is 867 g/mol. The van der Waals surface area contributed by atoms with Crippen molar-refractivity contribution in [2.45, 2.75) is 0 Å². The van der Waals surface area contributed by atoms with Crippen molar-refractivity contribution < 1.29 is 0 Å². The van der Waals surface area contributed by atoms with E-state index in [1.54, 1.807) is 0 Å². The Labute approximate surface area is 386 Å². The van der Waals surface area contributed by atoms with Crippen LogP contribution in [0.3, 0.4) is 0 Å². The van der Waals surface area contributed by atoms with Crippen molar-refractivity contribution in [3.8, 4) is 11.1 Å². The predicted molar refractivity (Wildman–Crippen MR) is 282 cm³/mol. The van der Waals surface area contributed by atoms with Crippen molar-refractivity contribution in [3.63, 3.8) is 0 Å². The zero-order valence-electron chi connectivity index (χ0n) is 35.3. The summed E-state index contributed by atoms with van der Waals surface area (Å²) < 4.78 is 5.07. The molecule has 0 unspecified atom stereocenters. The number of nitrogens with zero attached hydrogens (tertiary/aromatic N) is 3. The lowest BCUT2D eigenvalue weighted by Gasteiger charge is -2.27. The molecule has 0 saturated carbocycles. The molecule has 3 nitrogen and oxygen atoms in total. The van der Waals surface area contributed by atoms with Crippen LogP contribution in [0.5, 0.6) is 0 Å². The molecule has 0 aliphatic heterocycles. The van der Waals surface area contributed by atoms with Crippen molar-refractivity contribution in [2.24, 2.45) is 0 Å². The molecule has 0 amide bonds. The Morgan fingerprint density at radius 3 is 1.20 bits per heavy atom. The molecule has 12 rings (SSSR count). The van der Waals surface area contributed by atoms with E-state index < -0.39 is 0 Å². The molecule has 0 radical (unpaired) electrons. The van der Waals surface area contributed by atoms with Crippen molar-refractivity contribution in [3.05, 3.63) is 249 Å². The smallest absolute Gasteiger partial charge is 0.0482 e. The van der Waals surface area contributed by atoms with Crippen LogP contribution >= 0.6 is 22.7 Å². The number of thiophene rings is 2. The molecular weight excluding hydrogens is 827 g/mol. The van der Waals surface area contributed by atoms with Crippen molar-refractivity contribution in [1.29, 1.82) is 0 Å². The fourth-order valence-electron chi connectivity index (χ4n) is 9.25. The maximum Gasteiger partial charge on any atom is 0.0482 e. The first kappa shape index (κ1) is 38.7. The number of fused-ring (bicyclic) bond motifs is 6. The van der Waals surface area contributed by atoms with Crippen LogP contribution in [0, 0.1) is 0 Å². The van der Waals surface area contributed by atoms with Gasteiger partial charge in [-0.2, -0.15) is 0 Å². The summed E-state index contributed by atoms with van der Waals surface area (Å²) in [6.07, 6.45) is 0. The number of hydrogen-bond donors (Lipinski definition) is 0. The van der Waals surface area contributed by atoms with Gasteiger partial charge in [0.25, 0.3) is 0 Å². The fourth-order valence-corrected chi connectivity index (χ4v) is 11.5. The van der Waals surface area contributed by atoms with Crippen LogP contribution in [0.2, 0.25) is 0 Å². The largest absolute Gasteiger partial charge is 0.311 e. The first-order valence-electron chi connectivity index (χ1n) is 21.9. The van der Waals surface area contributed by atoms with Crippen LogP contribution in [-0.4, -0.2) is 0 Å². The second-order valence-electron chi connectivity index (χ2n) is 16.2. The average Bonchev–Trinajstić information content (AvgIpc) is 3.94. The molecule has 10 aromatic carbocycles. The van der Waals surface area contributed by atoms with Gasteiger partial charge in [-0.05, 0) is 132 Å². The molecule has 0 N–H and O–H groups in total. The molecule has 0 fully saturated rings. The Balaban J connectivity index is 0.996. The minimum atomic E-state index is 1.11. The van der Waals surface area contributed by atoms with Crippen molar-refractivity contribution >= 4 is 114 Å². The number of benzene rings is 10. The summed E-state index contributed by atoms with van der Waals surface area (Å²) >= 11 is 3.72. The number of para-hydroxylation sites is 5. The van der Waals surface area contributed by atoms with E-state index >= 15 is 0 Å². The van der Waals surface area contributed by atoms with E-state index in [1.165, 1.54) is 51.5 Å². The Morgan fingerprint density at radius 2 is 0.631 bits per heavy atom. The van der Waals surface area contributed by atoms with Gasteiger partial charge in [0.15, 0.2) is 0 Å². The molecular formula is C60H41N3S2. The lowest BCUT2D eigenvalue weighted by Crippen LogP contribution is -2.10. The highest BCUT2D eigenvalue weighted by atomic mass is 32.1. The summed E-state index contributed by atoms with van der Waals surface area (Å²) in [6.45, 7) is 0. The van der Waals surface area contributed by atoms with Gasteiger partial charge in [0.05, 0.1) is 0 Å². The number of hydrogen-bond acceptors (Lipinski definition) is 5. The Kier molecular flexibility index (Phi) is 9.90. The van der Waals surface area contributed by atoms with Gasteiger partial charge < -0.3 is 14.7 Å². The van der Waals surface area contributed by atoms with E-state index in [1.807, 2.05) is 22.7 Å². The summed E-state index contributed by atoms with van der Waals surface area (Å²) in [5, 5.41) is 5.07. The first-order chi connectivity index (χ1) is 32.2. The van der Waals surface area contributed by atoms with Gasteiger partial charge >= 0.3 is 0 Å². The Hall–Kier alpha value is -7.96. The van der Waals surface area contributed by atoms with Crippen LogP contribution in [0.15, 0.2) is 249 Å². The maximum absolute atomic E-state index is 2.43. The van der Waals surface area contributed by atoms with Gasteiger partial charge in [-0.25, -0.2) is 0 Å². The zero-order chi connectivity index (χ0) is 43.1. The van der Waals surface area contributed by atoms with Gasteiger partial charge in [-0.1, -0.05) is 127 Å². The summed E-state index contributed by atoms with van der Waals surface area (Å²) in [7, 11) is 0. The molecule has 0 spiro atoms. The van der Waals surface area contributed by atoms with Crippen LogP contribution in [-0.2, 0) is 0 Å². The van der Waals surface area contributed by atoms with Gasteiger partial charge in [0.2, 0.25) is 0 Å².